The van der Waals surface area contributed by atoms with E-state index >= 15 is 0 Å². The van der Waals surface area contributed by atoms with E-state index in [9.17, 15) is 4.79 Å². The molecule has 2 atom stereocenters. The molecule has 0 aromatic rings. The maximum Gasteiger partial charge on any atom is 0.136 e. The van der Waals surface area contributed by atoms with Crippen LogP contribution in [-0.4, -0.2) is 5.78 Å². The fourth-order valence-corrected chi connectivity index (χ4v) is 1.80. The Bertz CT molecular complexity index is 199. The topological polar surface area (TPSA) is 17.1 Å². The van der Waals surface area contributed by atoms with Gasteiger partial charge >= 0.3 is 0 Å². The molecule has 0 amide bonds. The molecule has 1 aliphatic rings. The lowest BCUT2D eigenvalue weighted by atomic mass is 9.93. The van der Waals surface area contributed by atoms with Crippen LogP contribution >= 0.6 is 0 Å². The number of rotatable bonds is 2. The van der Waals surface area contributed by atoms with E-state index < -0.39 is 0 Å². The van der Waals surface area contributed by atoms with Crippen molar-refractivity contribution in [3.63, 3.8) is 0 Å². The van der Waals surface area contributed by atoms with Crippen molar-refractivity contribution in [2.24, 2.45) is 11.8 Å². The van der Waals surface area contributed by atoms with Crippen LogP contribution in [0.4, 0.5) is 0 Å². The Balaban J connectivity index is 2.50. The van der Waals surface area contributed by atoms with Crippen LogP contribution in [-0.2, 0) is 4.79 Å². The van der Waals surface area contributed by atoms with Crippen LogP contribution in [0.3, 0.4) is 0 Å². The quantitative estimate of drug-likeness (QED) is 0.576. The highest BCUT2D eigenvalue weighted by atomic mass is 16.1. The maximum absolute atomic E-state index is 11.4. The van der Waals surface area contributed by atoms with E-state index in [1.54, 1.807) is 0 Å². The molecule has 1 saturated carbocycles. The molecule has 12 heavy (non-hydrogen) atoms. The Labute approximate surface area is 74.9 Å². The van der Waals surface area contributed by atoms with E-state index in [0.29, 0.717) is 17.6 Å². The second kappa shape index (κ2) is 3.88. The maximum atomic E-state index is 11.4. The van der Waals surface area contributed by atoms with Crippen molar-refractivity contribution in [2.75, 3.05) is 0 Å². The molecule has 0 radical (unpaired) electrons. The lowest BCUT2D eigenvalue weighted by molar-refractivity contribution is -0.121. The van der Waals surface area contributed by atoms with Gasteiger partial charge in [0.25, 0.3) is 0 Å². The molecule has 1 aliphatic carbocycles. The average Bonchev–Trinajstić information content (AvgIpc) is 2.28. The fraction of sp³-hybridized carbons (Fsp3) is 0.727. The lowest BCUT2D eigenvalue weighted by Crippen LogP contribution is -2.11. The minimum absolute atomic E-state index is 0.319. The molecule has 0 aliphatic heterocycles. The van der Waals surface area contributed by atoms with Gasteiger partial charge in [0.1, 0.15) is 5.78 Å². The molecule has 0 spiro atoms. The molecular formula is C11H18O. The highest BCUT2D eigenvalue weighted by Gasteiger charge is 2.29. The van der Waals surface area contributed by atoms with Gasteiger partial charge in [-0.05, 0) is 32.6 Å². The first-order chi connectivity index (χ1) is 5.61. The van der Waals surface area contributed by atoms with Gasteiger partial charge < -0.3 is 0 Å². The monoisotopic (exact) mass is 166 g/mol. The predicted octanol–water partition coefficient (Wildman–Crippen LogP) is 2.96. The number of allylic oxidation sites excluding steroid dienone is 2. The first kappa shape index (κ1) is 9.50. The first-order valence-corrected chi connectivity index (χ1v) is 4.77. The van der Waals surface area contributed by atoms with Gasteiger partial charge in [-0.15, -0.1) is 0 Å². The summed E-state index contributed by atoms with van der Waals surface area (Å²) in [5, 5.41) is 0. The largest absolute Gasteiger partial charge is 0.299 e. The molecule has 0 unspecified atom stereocenters. The molecule has 68 valence electrons. The van der Waals surface area contributed by atoms with Gasteiger partial charge in [-0.2, -0.15) is 0 Å². The molecule has 0 aromatic heterocycles. The molecule has 0 saturated heterocycles. The molecule has 0 bridgehead atoms. The summed E-state index contributed by atoms with van der Waals surface area (Å²) in [5.41, 5.74) is 1.32. The van der Waals surface area contributed by atoms with Gasteiger partial charge in [0.15, 0.2) is 0 Å². The summed E-state index contributed by atoms with van der Waals surface area (Å²) in [7, 11) is 0. The van der Waals surface area contributed by atoms with Crippen LogP contribution in [0.1, 0.15) is 40.0 Å². The molecule has 1 fully saturated rings. The number of ketones is 1. The number of hydrogen-bond donors (Lipinski definition) is 0. The summed E-state index contributed by atoms with van der Waals surface area (Å²) in [5.74, 6) is 1.40. The average molecular weight is 166 g/mol. The van der Waals surface area contributed by atoms with Crippen LogP contribution in [0.15, 0.2) is 11.6 Å². The number of Topliss-reactive ketones (excluding diaryl/α,β-unsaturated/α-hetero) is 1. The van der Waals surface area contributed by atoms with E-state index in [1.807, 2.05) is 0 Å². The standard InChI is InChI=1S/C11H18O/c1-8(2)4-6-10-9(3)5-7-11(10)12/h4,9-10H,5-7H2,1-3H3/t9-,10+/m1/s1. The van der Waals surface area contributed by atoms with Crippen molar-refractivity contribution in [3.05, 3.63) is 11.6 Å². The molecule has 0 aromatic carbocycles. The summed E-state index contributed by atoms with van der Waals surface area (Å²) in [6.07, 6.45) is 5.05. The third-order valence-corrected chi connectivity index (χ3v) is 2.73. The highest BCUT2D eigenvalue weighted by Crippen LogP contribution is 2.31. The van der Waals surface area contributed by atoms with E-state index in [0.717, 1.165) is 19.3 Å². The summed E-state index contributed by atoms with van der Waals surface area (Å²) in [4.78, 5) is 11.4. The molecular weight excluding hydrogens is 148 g/mol. The normalized spacial score (nSPS) is 29.1. The SMILES string of the molecule is CC(C)=CC[C@@H]1C(=O)CC[C@H]1C. The summed E-state index contributed by atoms with van der Waals surface area (Å²) >= 11 is 0. The van der Waals surface area contributed by atoms with Gasteiger partial charge in [-0.1, -0.05) is 18.6 Å². The molecule has 0 heterocycles. The van der Waals surface area contributed by atoms with Crippen molar-refractivity contribution in [1.82, 2.24) is 0 Å². The summed E-state index contributed by atoms with van der Waals surface area (Å²) < 4.78 is 0. The zero-order valence-corrected chi connectivity index (χ0v) is 8.26. The summed E-state index contributed by atoms with van der Waals surface area (Å²) in [6, 6.07) is 0. The van der Waals surface area contributed by atoms with Crippen LogP contribution in [0.5, 0.6) is 0 Å². The van der Waals surface area contributed by atoms with E-state index in [1.165, 1.54) is 5.57 Å². The van der Waals surface area contributed by atoms with Crippen molar-refractivity contribution < 1.29 is 4.79 Å². The molecule has 1 nitrogen and oxygen atoms in total. The van der Waals surface area contributed by atoms with E-state index in [4.69, 9.17) is 0 Å². The number of carbonyl (C=O) groups is 1. The smallest absolute Gasteiger partial charge is 0.136 e. The van der Waals surface area contributed by atoms with Crippen LogP contribution in [0, 0.1) is 11.8 Å². The van der Waals surface area contributed by atoms with Gasteiger partial charge in [-0.3, -0.25) is 4.79 Å². The Morgan fingerprint density at radius 3 is 2.67 bits per heavy atom. The second-order valence-electron chi connectivity index (χ2n) is 4.11. The van der Waals surface area contributed by atoms with E-state index in [-0.39, 0.29) is 0 Å². The number of hydrogen-bond acceptors (Lipinski definition) is 1. The molecule has 1 heteroatoms. The third kappa shape index (κ3) is 2.20. The minimum Gasteiger partial charge on any atom is -0.299 e. The fourth-order valence-electron chi connectivity index (χ4n) is 1.80. The zero-order chi connectivity index (χ0) is 9.14. The van der Waals surface area contributed by atoms with E-state index in [2.05, 4.69) is 26.8 Å². The van der Waals surface area contributed by atoms with Crippen LogP contribution in [0.25, 0.3) is 0 Å². The molecule has 1 rings (SSSR count). The van der Waals surface area contributed by atoms with Gasteiger partial charge in [0.2, 0.25) is 0 Å². The van der Waals surface area contributed by atoms with Crippen molar-refractivity contribution in [3.8, 4) is 0 Å². The van der Waals surface area contributed by atoms with Crippen molar-refractivity contribution >= 4 is 5.78 Å². The van der Waals surface area contributed by atoms with Crippen molar-refractivity contribution in [2.45, 2.75) is 40.0 Å². The highest BCUT2D eigenvalue weighted by molar-refractivity contribution is 5.83. The van der Waals surface area contributed by atoms with Crippen LogP contribution in [0.2, 0.25) is 0 Å². The second-order valence-corrected chi connectivity index (χ2v) is 4.11. The Kier molecular flexibility index (Phi) is 3.07. The van der Waals surface area contributed by atoms with Crippen LogP contribution < -0.4 is 0 Å². The predicted molar refractivity (Wildman–Crippen MR) is 50.9 cm³/mol. The minimum atomic E-state index is 0.319. The van der Waals surface area contributed by atoms with Gasteiger partial charge in [-0.25, -0.2) is 0 Å². The van der Waals surface area contributed by atoms with Crippen molar-refractivity contribution in [1.29, 1.82) is 0 Å². The molecule has 0 N–H and O–H groups in total. The Morgan fingerprint density at radius 1 is 1.58 bits per heavy atom. The lowest BCUT2D eigenvalue weighted by Gasteiger charge is -2.10. The Morgan fingerprint density at radius 2 is 2.25 bits per heavy atom. The summed E-state index contributed by atoms with van der Waals surface area (Å²) in [6.45, 7) is 6.36. The van der Waals surface area contributed by atoms with Gasteiger partial charge in [0, 0.05) is 12.3 Å². The third-order valence-electron chi connectivity index (χ3n) is 2.73. The first-order valence-electron chi connectivity index (χ1n) is 4.77. The Hall–Kier alpha value is -0.590. The number of carbonyl (C=O) groups excluding carboxylic acids is 1. The zero-order valence-electron chi connectivity index (χ0n) is 8.26. The van der Waals surface area contributed by atoms with Gasteiger partial charge in [0.05, 0.1) is 0 Å².